The van der Waals surface area contributed by atoms with Crippen molar-refractivity contribution < 1.29 is 5.11 Å². The van der Waals surface area contributed by atoms with Crippen molar-refractivity contribution in [2.75, 3.05) is 6.54 Å². The zero-order valence-corrected chi connectivity index (χ0v) is 9.84. The zero-order valence-electron chi connectivity index (χ0n) is 9.84. The fourth-order valence-electron chi connectivity index (χ4n) is 2.42. The van der Waals surface area contributed by atoms with Crippen molar-refractivity contribution in [1.29, 1.82) is 0 Å². The predicted octanol–water partition coefficient (Wildman–Crippen LogP) is 2.30. The molecule has 0 bridgehead atoms. The summed E-state index contributed by atoms with van der Waals surface area (Å²) in [5.74, 6) is 0.440. The fraction of sp³-hybridized carbons (Fsp3) is 1.00. The number of hydrogen-bond acceptors (Lipinski definition) is 2. The van der Waals surface area contributed by atoms with Crippen molar-refractivity contribution >= 4 is 0 Å². The Kier molecular flexibility index (Phi) is 3.59. The molecule has 0 aromatic carbocycles. The van der Waals surface area contributed by atoms with Gasteiger partial charge in [0.25, 0.3) is 0 Å². The van der Waals surface area contributed by atoms with E-state index in [1.54, 1.807) is 0 Å². The first-order valence-electron chi connectivity index (χ1n) is 5.84. The molecule has 0 aromatic heterocycles. The molecule has 2 nitrogen and oxygen atoms in total. The highest BCUT2D eigenvalue weighted by molar-refractivity contribution is 4.96. The van der Waals surface area contributed by atoms with Crippen LogP contribution in [0, 0.1) is 11.3 Å². The summed E-state index contributed by atoms with van der Waals surface area (Å²) in [4.78, 5) is 0. The highest BCUT2D eigenvalue weighted by atomic mass is 16.3. The molecule has 0 heterocycles. The van der Waals surface area contributed by atoms with Gasteiger partial charge in [-0.2, -0.15) is 0 Å². The molecule has 3 N–H and O–H groups in total. The SMILES string of the molecule is CC(C)(CN)C(C)(O)C1CCCCC1. The number of rotatable bonds is 3. The molecule has 0 saturated heterocycles. The van der Waals surface area contributed by atoms with Crippen LogP contribution >= 0.6 is 0 Å². The molecule has 1 aliphatic carbocycles. The second kappa shape index (κ2) is 4.19. The molecule has 2 heteroatoms. The van der Waals surface area contributed by atoms with Crippen LogP contribution in [0.15, 0.2) is 0 Å². The lowest BCUT2D eigenvalue weighted by molar-refractivity contribution is -0.103. The highest BCUT2D eigenvalue weighted by Crippen LogP contribution is 2.42. The van der Waals surface area contributed by atoms with Gasteiger partial charge in [0.2, 0.25) is 0 Å². The standard InChI is InChI=1S/C12H25NO/c1-11(2,9-13)12(3,14)10-7-5-4-6-8-10/h10,14H,4-9,13H2,1-3H3. The quantitative estimate of drug-likeness (QED) is 0.732. The Morgan fingerprint density at radius 2 is 1.64 bits per heavy atom. The lowest BCUT2D eigenvalue weighted by atomic mass is 9.65. The molecule has 1 saturated carbocycles. The largest absolute Gasteiger partial charge is 0.389 e. The van der Waals surface area contributed by atoms with Gasteiger partial charge in [-0.1, -0.05) is 33.1 Å². The van der Waals surface area contributed by atoms with E-state index < -0.39 is 5.60 Å². The van der Waals surface area contributed by atoms with Gasteiger partial charge in [0.1, 0.15) is 0 Å². The minimum atomic E-state index is -0.609. The molecular formula is C12H25NO. The average Bonchev–Trinajstić information content (AvgIpc) is 2.19. The van der Waals surface area contributed by atoms with Crippen LogP contribution in [0.5, 0.6) is 0 Å². The molecule has 0 aliphatic heterocycles. The van der Waals surface area contributed by atoms with E-state index in [1.165, 1.54) is 19.3 Å². The van der Waals surface area contributed by atoms with Crippen LogP contribution in [0.4, 0.5) is 0 Å². The van der Waals surface area contributed by atoms with Crippen LogP contribution in [0.1, 0.15) is 52.9 Å². The van der Waals surface area contributed by atoms with Crippen LogP contribution in [0.25, 0.3) is 0 Å². The Hall–Kier alpha value is -0.0800. The van der Waals surface area contributed by atoms with E-state index in [2.05, 4.69) is 13.8 Å². The lowest BCUT2D eigenvalue weighted by Gasteiger charge is -2.46. The predicted molar refractivity (Wildman–Crippen MR) is 60.0 cm³/mol. The van der Waals surface area contributed by atoms with E-state index >= 15 is 0 Å². The maximum absolute atomic E-state index is 10.6. The van der Waals surface area contributed by atoms with E-state index in [1.807, 2.05) is 6.92 Å². The molecule has 1 fully saturated rings. The van der Waals surface area contributed by atoms with Gasteiger partial charge in [-0.3, -0.25) is 0 Å². The van der Waals surface area contributed by atoms with Gasteiger partial charge in [-0.05, 0) is 25.7 Å². The summed E-state index contributed by atoms with van der Waals surface area (Å²) in [6, 6.07) is 0. The van der Waals surface area contributed by atoms with E-state index in [4.69, 9.17) is 5.73 Å². The van der Waals surface area contributed by atoms with Crippen LogP contribution in [0.3, 0.4) is 0 Å². The molecule has 1 unspecified atom stereocenters. The Morgan fingerprint density at radius 1 is 1.14 bits per heavy atom. The van der Waals surface area contributed by atoms with Gasteiger partial charge in [-0.15, -0.1) is 0 Å². The Morgan fingerprint density at radius 3 is 2.07 bits per heavy atom. The van der Waals surface area contributed by atoms with Crippen molar-refractivity contribution in [3.8, 4) is 0 Å². The maximum atomic E-state index is 10.6. The summed E-state index contributed by atoms with van der Waals surface area (Å²) in [5.41, 5.74) is 4.96. The summed E-state index contributed by atoms with van der Waals surface area (Å²) in [6.07, 6.45) is 6.19. The third-order valence-electron chi connectivity index (χ3n) is 4.28. The first-order valence-corrected chi connectivity index (χ1v) is 5.84. The van der Waals surface area contributed by atoms with E-state index in [9.17, 15) is 5.11 Å². The van der Waals surface area contributed by atoms with Gasteiger partial charge < -0.3 is 10.8 Å². The molecule has 1 atom stereocenters. The summed E-state index contributed by atoms with van der Waals surface area (Å²) in [6.45, 7) is 6.66. The van der Waals surface area contributed by atoms with E-state index in [-0.39, 0.29) is 5.41 Å². The van der Waals surface area contributed by atoms with Gasteiger partial charge in [0, 0.05) is 12.0 Å². The van der Waals surface area contributed by atoms with Gasteiger partial charge in [0.15, 0.2) is 0 Å². The third kappa shape index (κ3) is 2.12. The molecule has 1 rings (SSSR count). The summed E-state index contributed by atoms with van der Waals surface area (Å²) >= 11 is 0. The van der Waals surface area contributed by atoms with Crippen molar-refractivity contribution in [1.82, 2.24) is 0 Å². The first-order chi connectivity index (χ1) is 6.42. The molecule has 0 amide bonds. The molecule has 0 radical (unpaired) electrons. The zero-order chi connectivity index (χ0) is 10.8. The van der Waals surface area contributed by atoms with Crippen LogP contribution in [-0.2, 0) is 0 Å². The monoisotopic (exact) mass is 199 g/mol. The van der Waals surface area contributed by atoms with Gasteiger partial charge in [0.05, 0.1) is 5.60 Å². The summed E-state index contributed by atoms with van der Waals surface area (Å²) in [5, 5.41) is 10.6. The number of hydrogen-bond donors (Lipinski definition) is 2. The van der Waals surface area contributed by atoms with Gasteiger partial charge >= 0.3 is 0 Å². The van der Waals surface area contributed by atoms with E-state index in [0.29, 0.717) is 12.5 Å². The van der Waals surface area contributed by atoms with Crippen molar-refractivity contribution in [2.24, 2.45) is 17.1 Å². The molecule has 1 aliphatic rings. The molecular weight excluding hydrogens is 174 g/mol. The van der Waals surface area contributed by atoms with Crippen molar-refractivity contribution in [2.45, 2.75) is 58.5 Å². The van der Waals surface area contributed by atoms with Gasteiger partial charge in [-0.25, -0.2) is 0 Å². The first kappa shape index (κ1) is 12.0. The van der Waals surface area contributed by atoms with Crippen LogP contribution in [-0.4, -0.2) is 17.3 Å². The van der Waals surface area contributed by atoms with Crippen LogP contribution in [0.2, 0.25) is 0 Å². The summed E-state index contributed by atoms with van der Waals surface area (Å²) < 4.78 is 0. The van der Waals surface area contributed by atoms with E-state index in [0.717, 1.165) is 12.8 Å². The lowest BCUT2D eigenvalue weighted by Crippen LogP contribution is -2.52. The topological polar surface area (TPSA) is 46.2 Å². The summed E-state index contributed by atoms with van der Waals surface area (Å²) in [7, 11) is 0. The number of aliphatic hydroxyl groups is 1. The minimum Gasteiger partial charge on any atom is -0.389 e. The average molecular weight is 199 g/mol. The Labute approximate surface area is 87.9 Å². The molecule has 14 heavy (non-hydrogen) atoms. The van der Waals surface area contributed by atoms with Crippen molar-refractivity contribution in [3.05, 3.63) is 0 Å². The molecule has 0 spiro atoms. The Bertz CT molecular complexity index is 181. The second-order valence-electron chi connectivity index (χ2n) is 5.57. The number of nitrogens with two attached hydrogens (primary N) is 1. The fourth-order valence-corrected chi connectivity index (χ4v) is 2.42. The minimum absolute atomic E-state index is 0.172. The van der Waals surface area contributed by atoms with Crippen molar-refractivity contribution in [3.63, 3.8) is 0 Å². The smallest absolute Gasteiger partial charge is 0.0710 e. The Balaban J connectivity index is 2.71. The van der Waals surface area contributed by atoms with Crippen LogP contribution < -0.4 is 5.73 Å². The normalized spacial score (nSPS) is 24.6. The molecule has 0 aromatic rings. The highest BCUT2D eigenvalue weighted by Gasteiger charge is 2.44. The molecule has 84 valence electrons. The third-order valence-corrected chi connectivity index (χ3v) is 4.28. The second-order valence-corrected chi connectivity index (χ2v) is 5.57. The maximum Gasteiger partial charge on any atom is 0.0710 e.